The number of unbranched alkanes of at least 4 members (excludes halogenated alkanes) is 1. The number of amides is 1. The van der Waals surface area contributed by atoms with Crippen LogP contribution < -0.4 is 5.43 Å². The van der Waals surface area contributed by atoms with Crippen molar-refractivity contribution >= 4 is 12.6 Å². The molecule has 0 aliphatic rings. The minimum atomic E-state index is 0.548. The predicted octanol–water partition coefficient (Wildman–Crippen LogP) is 0.518. The van der Waals surface area contributed by atoms with Gasteiger partial charge in [0.1, 0.15) is 0 Å². The van der Waals surface area contributed by atoms with E-state index in [-0.39, 0.29) is 0 Å². The van der Waals surface area contributed by atoms with E-state index < -0.39 is 0 Å². The van der Waals surface area contributed by atoms with E-state index in [0.29, 0.717) is 6.41 Å². The van der Waals surface area contributed by atoms with Crippen LogP contribution in [0.4, 0.5) is 0 Å². The summed E-state index contributed by atoms with van der Waals surface area (Å²) >= 11 is 0. The van der Waals surface area contributed by atoms with Gasteiger partial charge in [0.2, 0.25) is 6.41 Å². The molecule has 0 unspecified atom stereocenters. The third kappa shape index (κ3) is 5.14. The number of hydrazone groups is 1. The van der Waals surface area contributed by atoms with Crippen LogP contribution in [0, 0.1) is 0 Å². The number of carbonyl (C=O) groups excluding carboxylic acids is 1. The lowest BCUT2D eigenvalue weighted by Crippen LogP contribution is -1.99. The highest BCUT2D eigenvalue weighted by Crippen LogP contribution is 1.77. The number of hydrogen-bond acceptors (Lipinski definition) is 2. The second kappa shape index (κ2) is 6.14. The molecular formula is C5H10N2O. The van der Waals surface area contributed by atoms with Crippen molar-refractivity contribution in [2.24, 2.45) is 5.10 Å². The fourth-order valence-corrected chi connectivity index (χ4v) is 0.277. The maximum absolute atomic E-state index is 9.54. The van der Waals surface area contributed by atoms with E-state index in [2.05, 4.69) is 10.5 Å². The van der Waals surface area contributed by atoms with E-state index in [1.165, 1.54) is 0 Å². The van der Waals surface area contributed by atoms with Crippen molar-refractivity contribution in [3.63, 3.8) is 0 Å². The highest BCUT2D eigenvalue weighted by molar-refractivity contribution is 5.58. The van der Waals surface area contributed by atoms with Gasteiger partial charge >= 0.3 is 0 Å². The zero-order valence-electron chi connectivity index (χ0n) is 4.92. The molecule has 3 heteroatoms. The Morgan fingerprint density at radius 2 is 2.50 bits per heavy atom. The van der Waals surface area contributed by atoms with E-state index >= 15 is 0 Å². The average molecular weight is 114 g/mol. The molecule has 1 amide bonds. The molecule has 46 valence electrons. The molecule has 0 heterocycles. The zero-order chi connectivity index (χ0) is 6.24. The Labute approximate surface area is 48.8 Å². The van der Waals surface area contributed by atoms with Crippen LogP contribution >= 0.6 is 0 Å². The average Bonchev–Trinajstić information content (AvgIpc) is 1.81. The summed E-state index contributed by atoms with van der Waals surface area (Å²) in [5.74, 6) is 0. The molecule has 8 heavy (non-hydrogen) atoms. The minimum absolute atomic E-state index is 0.548. The summed E-state index contributed by atoms with van der Waals surface area (Å²) in [6.07, 6.45) is 4.20. The largest absolute Gasteiger partial charge is 0.277 e. The Morgan fingerprint density at radius 3 is 3.00 bits per heavy atom. The first-order valence-corrected chi connectivity index (χ1v) is 2.62. The highest BCUT2D eigenvalue weighted by Gasteiger charge is 1.70. The van der Waals surface area contributed by atoms with Gasteiger partial charge in [-0.3, -0.25) is 10.2 Å². The van der Waals surface area contributed by atoms with Gasteiger partial charge in [-0.2, -0.15) is 5.10 Å². The first-order valence-electron chi connectivity index (χ1n) is 2.62. The molecule has 0 fully saturated rings. The second-order valence-electron chi connectivity index (χ2n) is 1.35. The molecule has 3 nitrogen and oxygen atoms in total. The Kier molecular flexibility index (Phi) is 5.48. The van der Waals surface area contributed by atoms with E-state index in [0.717, 1.165) is 12.8 Å². The fraction of sp³-hybridized carbons (Fsp3) is 0.600. The molecule has 0 radical (unpaired) electrons. The van der Waals surface area contributed by atoms with Crippen LogP contribution in [0.25, 0.3) is 0 Å². The lowest BCUT2D eigenvalue weighted by Gasteiger charge is -1.82. The number of hydrogen-bond donors (Lipinski definition) is 1. The third-order valence-corrected chi connectivity index (χ3v) is 0.636. The summed E-state index contributed by atoms with van der Waals surface area (Å²) < 4.78 is 0. The van der Waals surface area contributed by atoms with Crippen molar-refractivity contribution in [1.82, 2.24) is 5.43 Å². The third-order valence-electron chi connectivity index (χ3n) is 0.636. The van der Waals surface area contributed by atoms with Crippen molar-refractivity contribution in [3.05, 3.63) is 0 Å². The lowest BCUT2D eigenvalue weighted by atomic mass is 10.4. The van der Waals surface area contributed by atoms with Crippen molar-refractivity contribution in [2.45, 2.75) is 19.8 Å². The molecule has 0 spiro atoms. The predicted molar refractivity (Wildman–Crippen MR) is 32.6 cm³/mol. The maximum Gasteiger partial charge on any atom is 0.227 e. The van der Waals surface area contributed by atoms with Crippen LogP contribution in [0.3, 0.4) is 0 Å². The molecule has 0 aliphatic heterocycles. The SMILES string of the molecule is CCCC=NNC=O. The number of nitrogens with one attached hydrogen (secondary N) is 1. The molecular weight excluding hydrogens is 104 g/mol. The monoisotopic (exact) mass is 114 g/mol. The van der Waals surface area contributed by atoms with Crippen LogP contribution in [-0.4, -0.2) is 12.6 Å². The standard InChI is InChI=1S/C5H10N2O/c1-2-3-4-6-7-5-8/h4-5H,2-3H2,1H3,(H,7,8). The molecule has 0 aromatic rings. The topological polar surface area (TPSA) is 41.5 Å². The van der Waals surface area contributed by atoms with Gasteiger partial charge in [-0.1, -0.05) is 13.3 Å². The molecule has 0 aromatic heterocycles. The Morgan fingerprint density at radius 1 is 1.75 bits per heavy atom. The first-order chi connectivity index (χ1) is 3.91. The molecule has 0 saturated carbocycles. The number of nitrogens with zero attached hydrogens (tertiary/aromatic N) is 1. The van der Waals surface area contributed by atoms with Gasteiger partial charge < -0.3 is 0 Å². The van der Waals surface area contributed by atoms with Crippen LogP contribution in [0.1, 0.15) is 19.8 Å². The molecule has 0 atom stereocenters. The van der Waals surface area contributed by atoms with E-state index in [1.807, 2.05) is 6.92 Å². The normalized spacial score (nSPS) is 9.62. The Balaban J connectivity index is 2.94. The van der Waals surface area contributed by atoms with Gasteiger partial charge in [-0.25, -0.2) is 0 Å². The molecule has 0 bridgehead atoms. The van der Waals surface area contributed by atoms with Crippen molar-refractivity contribution in [2.75, 3.05) is 0 Å². The fourth-order valence-electron chi connectivity index (χ4n) is 0.277. The molecule has 0 aliphatic carbocycles. The summed E-state index contributed by atoms with van der Waals surface area (Å²) in [6, 6.07) is 0. The van der Waals surface area contributed by atoms with E-state index in [9.17, 15) is 4.79 Å². The minimum Gasteiger partial charge on any atom is -0.277 e. The van der Waals surface area contributed by atoms with Crippen LogP contribution in [-0.2, 0) is 4.79 Å². The van der Waals surface area contributed by atoms with E-state index in [4.69, 9.17) is 0 Å². The van der Waals surface area contributed by atoms with Crippen LogP contribution in [0.2, 0.25) is 0 Å². The number of carbonyl (C=O) groups is 1. The lowest BCUT2D eigenvalue weighted by molar-refractivity contribution is -0.109. The molecule has 1 N–H and O–H groups in total. The van der Waals surface area contributed by atoms with Crippen LogP contribution in [0.15, 0.2) is 5.10 Å². The maximum atomic E-state index is 9.54. The summed E-state index contributed by atoms with van der Waals surface area (Å²) in [4.78, 5) is 9.54. The summed E-state index contributed by atoms with van der Waals surface area (Å²) in [7, 11) is 0. The summed E-state index contributed by atoms with van der Waals surface area (Å²) in [5.41, 5.74) is 2.17. The van der Waals surface area contributed by atoms with Gasteiger partial charge in [0.15, 0.2) is 0 Å². The van der Waals surface area contributed by atoms with Gasteiger partial charge in [0, 0.05) is 6.21 Å². The molecule has 0 aromatic carbocycles. The van der Waals surface area contributed by atoms with Crippen molar-refractivity contribution in [3.8, 4) is 0 Å². The van der Waals surface area contributed by atoms with Crippen LogP contribution in [0.5, 0.6) is 0 Å². The number of rotatable bonds is 4. The Bertz CT molecular complexity index is 80.5. The molecule has 0 saturated heterocycles. The van der Waals surface area contributed by atoms with E-state index in [1.54, 1.807) is 6.21 Å². The summed E-state index contributed by atoms with van der Waals surface area (Å²) in [6.45, 7) is 2.05. The van der Waals surface area contributed by atoms with Crippen molar-refractivity contribution in [1.29, 1.82) is 0 Å². The highest BCUT2D eigenvalue weighted by atomic mass is 16.1. The summed E-state index contributed by atoms with van der Waals surface area (Å²) in [5, 5.41) is 3.54. The van der Waals surface area contributed by atoms with Crippen molar-refractivity contribution < 1.29 is 4.79 Å². The van der Waals surface area contributed by atoms with Gasteiger partial charge in [0.05, 0.1) is 0 Å². The molecule has 0 rings (SSSR count). The quantitative estimate of drug-likeness (QED) is 0.323. The first kappa shape index (κ1) is 7.14. The second-order valence-corrected chi connectivity index (χ2v) is 1.35. The van der Waals surface area contributed by atoms with Gasteiger partial charge in [-0.05, 0) is 6.42 Å². The smallest absolute Gasteiger partial charge is 0.227 e. The Hall–Kier alpha value is -0.860. The van der Waals surface area contributed by atoms with Gasteiger partial charge in [-0.15, -0.1) is 0 Å². The zero-order valence-corrected chi connectivity index (χ0v) is 4.92. The van der Waals surface area contributed by atoms with Gasteiger partial charge in [0.25, 0.3) is 0 Å².